The summed E-state index contributed by atoms with van der Waals surface area (Å²) in [6.45, 7) is 3.52. The number of H-pyrrole nitrogens is 1. The highest BCUT2D eigenvalue weighted by molar-refractivity contribution is 4.94. The van der Waals surface area contributed by atoms with E-state index in [1.54, 1.807) is 6.08 Å². The quantitative estimate of drug-likeness (QED) is 0.747. The van der Waals surface area contributed by atoms with Gasteiger partial charge in [-0.3, -0.25) is 14.3 Å². The fraction of sp³-hybridized carbons (Fsp3) is 0.500. The Labute approximate surface area is 104 Å². The molecular weight excluding hydrogens is 236 g/mol. The van der Waals surface area contributed by atoms with Crippen LogP contribution in [0.25, 0.3) is 0 Å². The molecule has 6 nitrogen and oxygen atoms in total. The zero-order valence-electron chi connectivity index (χ0n) is 9.96. The van der Waals surface area contributed by atoms with Gasteiger partial charge in [-0.2, -0.15) is 0 Å². The Morgan fingerprint density at radius 1 is 1.67 bits per heavy atom. The van der Waals surface area contributed by atoms with Crippen molar-refractivity contribution in [3.05, 3.63) is 45.8 Å². The molecule has 1 aliphatic rings. The molecule has 18 heavy (non-hydrogen) atoms. The third-order valence-corrected chi connectivity index (χ3v) is 3.20. The molecule has 0 saturated carbocycles. The molecule has 98 valence electrons. The first-order valence-electron chi connectivity index (χ1n) is 5.81. The van der Waals surface area contributed by atoms with Gasteiger partial charge in [-0.1, -0.05) is 6.08 Å². The summed E-state index contributed by atoms with van der Waals surface area (Å²) in [5.74, 6) is 0. The van der Waals surface area contributed by atoms with E-state index >= 15 is 0 Å². The molecule has 0 spiro atoms. The number of hydrogen-bond donors (Lipinski definition) is 2. The lowest BCUT2D eigenvalue weighted by Gasteiger charge is -2.26. The molecule has 1 saturated heterocycles. The van der Waals surface area contributed by atoms with Gasteiger partial charge in [0, 0.05) is 12.3 Å². The molecule has 1 fully saturated rings. The standard InChI is InChI=1S/C12H16N2O4/c1-2-5-12(8-15)6-3-10(18-12)14-7-4-9(16)13-11(14)17/h2,4,7,10,15H,1,3,5-6,8H2,(H,13,16,17)/t10-,12+/m1/s1. The highest BCUT2D eigenvalue weighted by Gasteiger charge is 2.39. The van der Waals surface area contributed by atoms with Crippen molar-refractivity contribution in [2.24, 2.45) is 0 Å². The summed E-state index contributed by atoms with van der Waals surface area (Å²) in [5.41, 5.74) is -1.60. The maximum atomic E-state index is 11.6. The van der Waals surface area contributed by atoms with Crippen LogP contribution in [-0.2, 0) is 4.74 Å². The maximum Gasteiger partial charge on any atom is 0.330 e. The van der Waals surface area contributed by atoms with Crippen LogP contribution in [0.2, 0.25) is 0 Å². The van der Waals surface area contributed by atoms with Crippen molar-refractivity contribution < 1.29 is 9.84 Å². The summed E-state index contributed by atoms with van der Waals surface area (Å²) < 4.78 is 7.10. The minimum Gasteiger partial charge on any atom is -0.393 e. The summed E-state index contributed by atoms with van der Waals surface area (Å²) in [4.78, 5) is 24.8. The fourth-order valence-corrected chi connectivity index (χ4v) is 2.24. The molecule has 0 aromatic carbocycles. The number of aromatic nitrogens is 2. The van der Waals surface area contributed by atoms with Crippen LogP contribution in [0.5, 0.6) is 0 Å². The summed E-state index contributed by atoms with van der Waals surface area (Å²) in [6, 6.07) is 1.28. The molecule has 2 rings (SSSR count). The lowest BCUT2D eigenvalue weighted by Crippen LogP contribution is -2.35. The lowest BCUT2D eigenvalue weighted by molar-refractivity contribution is -0.0973. The van der Waals surface area contributed by atoms with E-state index in [4.69, 9.17) is 4.74 Å². The number of ether oxygens (including phenoxy) is 1. The predicted octanol–water partition coefficient (Wildman–Crippen LogP) is 0.153. The second-order valence-electron chi connectivity index (χ2n) is 4.46. The van der Waals surface area contributed by atoms with E-state index in [9.17, 15) is 14.7 Å². The molecule has 1 aromatic heterocycles. The predicted molar refractivity (Wildman–Crippen MR) is 65.3 cm³/mol. The SMILES string of the molecule is C=CC[C@@]1(CO)CC[C@H](n2ccc(=O)[nH]c2=O)O1. The van der Waals surface area contributed by atoms with E-state index in [-0.39, 0.29) is 6.61 Å². The first kappa shape index (κ1) is 12.8. The van der Waals surface area contributed by atoms with Crippen molar-refractivity contribution in [1.29, 1.82) is 0 Å². The third kappa shape index (κ3) is 2.30. The third-order valence-electron chi connectivity index (χ3n) is 3.20. The zero-order chi connectivity index (χ0) is 13.2. The van der Waals surface area contributed by atoms with E-state index in [0.29, 0.717) is 19.3 Å². The molecule has 1 aliphatic heterocycles. The normalized spacial score (nSPS) is 27.3. The van der Waals surface area contributed by atoms with E-state index in [2.05, 4.69) is 11.6 Å². The Balaban J connectivity index is 2.25. The minimum atomic E-state index is -0.665. The van der Waals surface area contributed by atoms with Crippen LogP contribution in [0, 0.1) is 0 Å². The molecule has 6 heteroatoms. The fourth-order valence-electron chi connectivity index (χ4n) is 2.24. The topological polar surface area (TPSA) is 84.3 Å². The smallest absolute Gasteiger partial charge is 0.330 e. The molecule has 2 heterocycles. The molecule has 0 aliphatic carbocycles. The summed E-state index contributed by atoms with van der Waals surface area (Å²) in [6.07, 6.45) is 4.42. The summed E-state index contributed by atoms with van der Waals surface area (Å²) >= 11 is 0. The first-order chi connectivity index (χ1) is 8.60. The van der Waals surface area contributed by atoms with Crippen LogP contribution < -0.4 is 11.2 Å². The van der Waals surface area contributed by atoms with Gasteiger partial charge < -0.3 is 9.84 Å². The summed E-state index contributed by atoms with van der Waals surface area (Å²) in [7, 11) is 0. The van der Waals surface area contributed by atoms with E-state index in [0.717, 1.165) is 0 Å². The van der Waals surface area contributed by atoms with Crippen LogP contribution in [0.1, 0.15) is 25.5 Å². The second-order valence-corrected chi connectivity index (χ2v) is 4.46. The van der Waals surface area contributed by atoms with Crippen molar-refractivity contribution in [2.45, 2.75) is 31.1 Å². The van der Waals surface area contributed by atoms with Crippen LogP contribution >= 0.6 is 0 Å². The summed E-state index contributed by atoms with van der Waals surface area (Å²) in [5, 5.41) is 9.41. The second kappa shape index (κ2) is 4.91. The average Bonchev–Trinajstić information content (AvgIpc) is 2.74. The Hall–Kier alpha value is -1.66. The van der Waals surface area contributed by atoms with Crippen LogP contribution in [0.3, 0.4) is 0 Å². The number of aromatic amines is 1. The number of hydrogen-bond acceptors (Lipinski definition) is 4. The number of aliphatic hydroxyl groups excluding tert-OH is 1. The maximum absolute atomic E-state index is 11.6. The zero-order valence-corrected chi connectivity index (χ0v) is 9.96. The van der Waals surface area contributed by atoms with Crippen molar-refractivity contribution >= 4 is 0 Å². The number of aliphatic hydroxyl groups is 1. The van der Waals surface area contributed by atoms with E-state index in [1.807, 2.05) is 0 Å². The van der Waals surface area contributed by atoms with Gasteiger partial charge in [-0.15, -0.1) is 6.58 Å². The largest absolute Gasteiger partial charge is 0.393 e. The Bertz CT molecular complexity index is 547. The monoisotopic (exact) mass is 252 g/mol. The van der Waals surface area contributed by atoms with Crippen molar-refractivity contribution in [1.82, 2.24) is 9.55 Å². The molecule has 0 unspecified atom stereocenters. The van der Waals surface area contributed by atoms with Gasteiger partial charge in [0.05, 0.1) is 12.2 Å². The molecule has 1 aromatic rings. The first-order valence-corrected chi connectivity index (χ1v) is 5.81. The molecule has 2 N–H and O–H groups in total. The van der Waals surface area contributed by atoms with E-state index in [1.165, 1.54) is 16.8 Å². The average molecular weight is 252 g/mol. The number of rotatable bonds is 4. The molecular formula is C12H16N2O4. The van der Waals surface area contributed by atoms with Crippen LogP contribution in [0.15, 0.2) is 34.5 Å². The highest BCUT2D eigenvalue weighted by Crippen LogP contribution is 2.37. The molecule has 0 radical (unpaired) electrons. The molecule has 2 atom stereocenters. The lowest BCUT2D eigenvalue weighted by atomic mass is 9.97. The van der Waals surface area contributed by atoms with Crippen LogP contribution in [0.4, 0.5) is 0 Å². The van der Waals surface area contributed by atoms with Gasteiger partial charge in [-0.25, -0.2) is 4.79 Å². The van der Waals surface area contributed by atoms with Crippen molar-refractivity contribution in [2.75, 3.05) is 6.61 Å². The van der Waals surface area contributed by atoms with Gasteiger partial charge in [0.2, 0.25) is 0 Å². The van der Waals surface area contributed by atoms with Gasteiger partial charge in [-0.05, 0) is 19.3 Å². The van der Waals surface area contributed by atoms with Crippen molar-refractivity contribution in [3.63, 3.8) is 0 Å². The van der Waals surface area contributed by atoms with Gasteiger partial charge in [0.1, 0.15) is 6.23 Å². The minimum absolute atomic E-state index is 0.117. The Kier molecular flexibility index (Phi) is 3.49. The van der Waals surface area contributed by atoms with Gasteiger partial charge in [0.15, 0.2) is 0 Å². The number of nitrogens with one attached hydrogen (secondary N) is 1. The van der Waals surface area contributed by atoms with Crippen LogP contribution in [-0.4, -0.2) is 26.9 Å². The van der Waals surface area contributed by atoms with Crippen molar-refractivity contribution in [3.8, 4) is 0 Å². The van der Waals surface area contributed by atoms with Gasteiger partial charge in [0.25, 0.3) is 5.56 Å². The highest BCUT2D eigenvalue weighted by atomic mass is 16.5. The number of nitrogens with zero attached hydrogens (tertiary/aromatic N) is 1. The molecule has 0 amide bonds. The molecule has 0 bridgehead atoms. The Morgan fingerprint density at radius 2 is 2.44 bits per heavy atom. The van der Waals surface area contributed by atoms with Gasteiger partial charge >= 0.3 is 5.69 Å². The Morgan fingerprint density at radius 3 is 3.06 bits per heavy atom. The van der Waals surface area contributed by atoms with E-state index < -0.39 is 23.1 Å².